The van der Waals surface area contributed by atoms with Crippen LogP contribution in [-0.4, -0.2) is 24.2 Å². The zero-order chi connectivity index (χ0) is 13.1. The Morgan fingerprint density at radius 1 is 1.12 bits per heavy atom. The largest absolute Gasteiger partial charge is 0.481 e. The van der Waals surface area contributed by atoms with E-state index in [2.05, 4.69) is 33.0 Å². The van der Waals surface area contributed by atoms with Gasteiger partial charge in [-0.15, -0.1) is 0 Å². The predicted octanol–water partition coefficient (Wildman–Crippen LogP) is 2.90. The third kappa shape index (κ3) is 3.44. The van der Waals surface area contributed by atoms with Crippen LogP contribution in [0.5, 0.6) is 0 Å². The number of carboxylic acid groups (broad SMARTS) is 1. The third-order valence-electron chi connectivity index (χ3n) is 4.91. The van der Waals surface area contributed by atoms with Crippen LogP contribution in [0.25, 0.3) is 0 Å². The summed E-state index contributed by atoms with van der Waals surface area (Å²) < 4.78 is 0. The molecular formula is C14H27NO2. The van der Waals surface area contributed by atoms with Gasteiger partial charge in [0.2, 0.25) is 0 Å². The van der Waals surface area contributed by atoms with Gasteiger partial charge in [0.05, 0.1) is 0 Å². The van der Waals surface area contributed by atoms with Gasteiger partial charge in [-0.25, -0.2) is 0 Å². The van der Waals surface area contributed by atoms with Crippen molar-refractivity contribution >= 4 is 5.97 Å². The fraction of sp³-hybridized carbons (Fsp3) is 0.929. The molecule has 0 amide bonds. The normalized spacial score (nSPS) is 21.4. The van der Waals surface area contributed by atoms with Crippen LogP contribution < -0.4 is 5.32 Å². The van der Waals surface area contributed by atoms with Gasteiger partial charge in [0.25, 0.3) is 0 Å². The van der Waals surface area contributed by atoms with Crippen LogP contribution in [0.2, 0.25) is 0 Å². The number of unbranched alkanes of at least 4 members (excludes halogenated alkanes) is 2. The molecule has 0 unspecified atom stereocenters. The predicted molar refractivity (Wildman–Crippen MR) is 70.0 cm³/mol. The number of carbonyl (C=O) groups is 1. The molecule has 0 atom stereocenters. The highest BCUT2D eigenvalue weighted by molar-refractivity contribution is 5.66. The standard InChI is InChI=1S/C14H27NO2/c1-13(2)11(14(13,3)4)10-15-9-7-5-6-8-12(16)17/h11,15H,5-10H2,1-4H3,(H,16,17). The maximum atomic E-state index is 10.3. The summed E-state index contributed by atoms with van der Waals surface area (Å²) in [7, 11) is 0. The molecule has 0 radical (unpaired) electrons. The van der Waals surface area contributed by atoms with E-state index in [9.17, 15) is 4.79 Å². The average Bonchev–Trinajstić information content (AvgIpc) is 2.57. The summed E-state index contributed by atoms with van der Waals surface area (Å²) >= 11 is 0. The van der Waals surface area contributed by atoms with Gasteiger partial charge in [-0.2, -0.15) is 0 Å². The quantitative estimate of drug-likeness (QED) is 0.642. The molecule has 1 aliphatic carbocycles. The van der Waals surface area contributed by atoms with Crippen LogP contribution in [0, 0.1) is 16.7 Å². The summed E-state index contributed by atoms with van der Waals surface area (Å²) in [5.74, 6) is 0.0912. The Balaban J connectivity index is 1.98. The highest BCUT2D eigenvalue weighted by Crippen LogP contribution is 2.67. The molecule has 100 valence electrons. The van der Waals surface area contributed by atoms with Crippen LogP contribution in [0.15, 0.2) is 0 Å². The molecule has 0 aromatic carbocycles. The molecule has 1 fully saturated rings. The van der Waals surface area contributed by atoms with Gasteiger partial charge in [0.15, 0.2) is 0 Å². The second-order valence-electron chi connectivity index (χ2n) is 6.40. The number of aliphatic carboxylic acids is 1. The zero-order valence-electron chi connectivity index (χ0n) is 11.7. The Bertz CT molecular complexity index is 257. The molecule has 1 rings (SSSR count). The summed E-state index contributed by atoms with van der Waals surface area (Å²) in [6.45, 7) is 11.5. The minimum absolute atomic E-state index is 0.308. The smallest absolute Gasteiger partial charge is 0.303 e. The third-order valence-corrected chi connectivity index (χ3v) is 4.91. The van der Waals surface area contributed by atoms with Crippen molar-refractivity contribution in [3.8, 4) is 0 Å². The second kappa shape index (κ2) is 5.38. The van der Waals surface area contributed by atoms with Gasteiger partial charge >= 0.3 is 5.97 Å². The van der Waals surface area contributed by atoms with Crippen molar-refractivity contribution in [3.05, 3.63) is 0 Å². The van der Waals surface area contributed by atoms with Gasteiger partial charge in [-0.1, -0.05) is 34.1 Å². The van der Waals surface area contributed by atoms with Crippen molar-refractivity contribution in [1.82, 2.24) is 5.32 Å². The van der Waals surface area contributed by atoms with Gasteiger partial charge in [-0.05, 0) is 42.7 Å². The molecule has 1 saturated carbocycles. The summed E-state index contributed by atoms with van der Waals surface area (Å²) in [5, 5.41) is 12.0. The SMILES string of the molecule is CC1(C)C(CNCCCCCC(=O)O)C1(C)C. The number of nitrogens with one attached hydrogen (secondary N) is 1. The molecule has 0 aliphatic heterocycles. The van der Waals surface area contributed by atoms with E-state index in [1.54, 1.807) is 0 Å². The minimum atomic E-state index is -0.681. The summed E-state index contributed by atoms with van der Waals surface area (Å²) in [5.41, 5.74) is 0.923. The first kappa shape index (κ1) is 14.5. The first-order valence-electron chi connectivity index (χ1n) is 6.72. The van der Waals surface area contributed by atoms with Crippen molar-refractivity contribution in [1.29, 1.82) is 0 Å². The van der Waals surface area contributed by atoms with Crippen LogP contribution >= 0.6 is 0 Å². The molecule has 0 spiro atoms. The number of hydrogen-bond donors (Lipinski definition) is 2. The maximum absolute atomic E-state index is 10.3. The fourth-order valence-corrected chi connectivity index (χ4v) is 2.79. The van der Waals surface area contributed by atoms with E-state index in [0.29, 0.717) is 17.3 Å². The lowest BCUT2D eigenvalue weighted by Crippen LogP contribution is -2.20. The van der Waals surface area contributed by atoms with E-state index in [0.717, 1.165) is 38.3 Å². The topological polar surface area (TPSA) is 49.3 Å². The van der Waals surface area contributed by atoms with E-state index in [-0.39, 0.29) is 0 Å². The summed E-state index contributed by atoms with van der Waals surface area (Å²) in [4.78, 5) is 10.3. The lowest BCUT2D eigenvalue weighted by Gasteiger charge is -2.05. The Hall–Kier alpha value is -0.570. The molecular weight excluding hydrogens is 214 g/mol. The van der Waals surface area contributed by atoms with Crippen LogP contribution in [0.4, 0.5) is 0 Å². The first-order chi connectivity index (χ1) is 7.80. The zero-order valence-corrected chi connectivity index (χ0v) is 11.7. The molecule has 3 nitrogen and oxygen atoms in total. The first-order valence-corrected chi connectivity index (χ1v) is 6.72. The lowest BCUT2D eigenvalue weighted by atomic mass is 10.0. The van der Waals surface area contributed by atoms with Crippen LogP contribution in [-0.2, 0) is 4.79 Å². The molecule has 17 heavy (non-hydrogen) atoms. The van der Waals surface area contributed by atoms with E-state index < -0.39 is 5.97 Å². The summed E-state index contributed by atoms with van der Waals surface area (Å²) in [6, 6.07) is 0. The van der Waals surface area contributed by atoms with Crippen molar-refractivity contribution in [2.24, 2.45) is 16.7 Å². The molecule has 0 saturated heterocycles. The van der Waals surface area contributed by atoms with Crippen molar-refractivity contribution < 1.29 is 9.90 Å². The molecule has 0 heterocycles. The van der Waals surface area contributed by atoms with Crippen molar-refractivity contribution in [2.45, 2.75) is 53.4 Å². The highest BCUT2D eigenvalue weighted by atomic mass is 16.4. The van der Waals surface area contributed by atoms with Gasteiger partial charge < -0.3 is 10.4 Å². The number of rotatable bonds is 8. The number of hydrogen-bond acceptors (Lipinski definition) is 2. The Labute approximate surface area is 105 Å². The molecule has 0 aromatic rings. The van der Waals surface area contributed by atoms with Gasteiger partial charge in [-0.3, -0.25) is 4.79 Å². The fourth-order valence-electron chi connectivity index (χ4n) is 2.79. The number of carboxylic acids is 1. The van der Waals surface area contributed by atoms with E-state index in [1.165, 1.54) is 0 Å². The van der Waals surface area contributed by atoms with Crippen molar-refractivity contribution in [3.63, 3.8) is 0 Å². The van der Waals surface area contributed by atoms with E-state index in [4.69, 9.17) is 5.11 Å². The van der Waals surface area contributed by atoms with Crippen LogP contribution in [0.1, 0.15) is 53.4 Å². The Morgan fingerprint density at radius 2 is 1.71 bits per heavy atom. The lowest BCUT2D eigenvalue weighted by molar-refractivity contribution is -0.137. The average molecular weight is 241 g/mol. The molecule has 3 heteroatoms. The molecule has 1 aliphatic rings. The Morgan fingerprint density at radius 3 is 2.18 bits per heavy atom. The van der Waals surface area contributed by atoms with Gasteiger partial charge in [0, 0.05) is 6.42 Å². The van der Waals surface area contributed by atoms with E-state index in [1.807, 2.05) is 0 Å². The Kier molecular flexibility index (Phi) is 4.59. The monoisotopic (exact) mass is 241 g/mol. The van der Waals surface area contributed by atoms with E-state index >= 15 is 0 Å². The molecule has 2 N–H and O–H groups in total. The van der Waals surface area contributed by atoms with Gasteiger partial charge in [0.1, 0.15) is 0 Å². The second-order valence-corrected chi connectivity index (χ2v) is 6.40. The highest BCUT2D eigenvalue weighted by Gasteiger charge is 2.63. The van der Waals surface area contributed by atoms with Crippen molar-refractivity contribution in [2.75, 3.05) is 13.1 Å². The maximum Gasteiger partial charge on any atom is 0.303 e. The molecule has 0 aromatic heterocycles. The minimum Gasteiger partial charge on any atom is -0.481 e. The molecule has 0 bridgehead atoms. The summed E-state index contributed by atoms with van der Waals surface area (Å²) in [6.07, 6.45) is 3.21. The van der Waals surface area contributed by atoms with Crippen LogP contribution in [0.3, 0.4) is 0 Å².